The SMILES string of the molecule is O=C1Nc2cc(Br)cc(Br)c2[C@]1(O)CCCl. The molecular weight excluding hydrogens is 361 g/mol. The summed E-state index contributed by atoms with van der Waals surface area (Å²) in [5, 5.41) is 13.0. The topological polar surface area (TPSA) is 49.3 Å². The maximum Gasteiger partial charge on any atom is 0.261 e. The molecule has 1 aliphatic rings. The van der Waals surface area contributed by atoms with Gasteiger partial charge in [0, 0.05) is 32.5 Å². The van der Waals surface area contributed by atoms with Crippen molar-refractivity contribution in [1.82, 2.24) is 0 Å². The first-order chi connectivity index (χ1) is 7.49. The van der Waals surface area contributed by atoms with Crippen LogP contribution in [0.1, 0.15) is 12.0 Å². The second-order valence-electron chi connectivity index (χ2n) is 3.56. The summed E-state index contributed by atoms with van der Waals surface area (Å²) in [6.07, 6.45) is 0.188. The third-order valence-corrected chi connectivity index (χ3v) is 3.82. The molecule has 1 atom stereocenters. The van der Waals surface area contributed by atoms with E-state index in [1.807, 2.05) is 0 Å². The van der Waals surface area contributed by atoms with Crippen molar-refractivity contribution in [3.8, 4) is 0 Å². The maximum absolute atomic E-state index is 11.8. The summed E-state index contributed by atoms with van der Waals surface area (Å²) in [5.41, 5.74) is -0.364. The molecule has 0 saturated heterocycles. The first-order valence-electron chi connectivity index (χ1n) is 4.58. The highest BCUT2D eigenvalue weighted by Gasteiger charge is 2.46. The molecule has 2 rings (SSSR count). The Bertz CT molecular complexity index is 466. The van der Waals surface area contributed by atoms with Gasteiger partial charge in [0.1, 0.15) is 0 Å². The van der Waals surface area contributed by atoms with Crippen LogP contribution in [0.4, 0.5) is 5.69 Å². The Morgan fingerprint density at radius 2 is 2.12 bits per heavy atom. The Hall–Kier alpha value is -0.100. The quantitative estimate of drug-likeness (QED) is 0.788. The van der Waals surface area contributed by atoms with Gasteiger partial charge < -0.3 is 10.4 Å². The minimum absolute atomic E-state index is 0.188. The second-order valence-corrected chi connectivity index (χ2v) is 5.71. The number of nitrogens with one attached hydrogen (secondary N) is 1. The number of amides is 1. The molecule has 1 aromatic carbocycles. The van der Waals surface area contributed by atoms with Crippen molar-refractivity contribution >= 4 is 55.1 Å². The molecule has 86 valence electrons. The smallest absolute Gasteiger partial charge is 0.261 e. The van der Waals surface area contributed by atoms with Crippen molar-refractivity contribution in [2.24, 2.45) is 0 Å². The van der Waals surface area contributed by atoms with Crippen LogP contribution >= 0.6 is 43.5 Å². The summed E-state index contributed by atoms with van der Waals surface area (Å²) >= 11 is 12.3. The Kier molecular flexibility index (Phi) is 3.32. The second kappa shape index (κ2) is 4.29. The summed E-state index contributed by atoms with van der Waals surface area (Å²) < 4.78 is 1.51. The van der Waals surface area contributed by atoms with Crippen LogP contribution in [0, 0.1) is 0 Å². The van der Waals surface area contributed by atoms with E-state index in [0.717, 1.165) is 4.47 Å². The van der Waals surface area contributed by atoms with Gasteiger partial charge in [-0.25, -0.2) is 0 Å². The van der Waals surface area contributed by atoms with Crippen LogP contribution in [0.5, 0.6) is 0 Å². The standard InChI is InChI=1S/C10H8Br2ClNO2/c11-5-3-6(12)8-7(4-5)14-9(15)10(8,16)1-2-13/h3-4,16H,1-2H2,(H,14,15)/t10-/m1/s1. The molecule has 1 amide bonds. The van der Waals surface area contributed by atoms with Gasteiger partial charge in [-0.1, -0.05) is 31.9 Å². The van der Waals surface area contributed by atoms with E-state index in [4.69, 9.17) is 11.6 Å². The Morgan fingerprint density at radius 3 is 2.75 bits per heavy atom. The normalized spacial score (nSPS) is 23.1. The summed E-state index contributed by atoms with van der Waals surface area (Å²) in [5.74, 6) is -0.215. The number of anilines is 1. The van der Waals surface area contributed by atoms with Crippen molar-refractivity contribution in [2.75, 3.05) is 11.2 Å². The molecule has 6 heteroatoms. The van der Waals surface area contributed by atoms with Crippen LogP contribution < -0.4 is 5.32 Å². The van der Waals surface area contributed by atoms with Crippen molar-refractivity contribution < 1.29 is 9.90 Å². The number of benzene rings is 1. The fraction of sp³-hybridized carbons (Fsp3) is 0.300. The summed E-state index contributed by atoms with van der Waals surface area (Å²) in [4.78, 5) is 11.8. The van der Waals surface area contributed by atoms with Gasteiger partial charge in [0.2, 0.25) is 0 Å². The molecule has 0 bridgehead atoms. The molecule has 0 aromatic heterocycles. The monoisotopic (exact) mass is 367 g/mol. The lowest BCUT2D eigenvalue weighted by Gasteiger charge is -2.20. The molecule has 0 radical (unpaired) electrons. The van der Waals surface area contributed by atoms with Crippen LogP contribution in [0.15, 0.2) is 21.1 Å². The van der Waals surface area contributed by atoms with Gasteiger partial charge in [-0.15, -0.1) is 11.6 Å². The number of aliphatic hydroxyl groups is 1. The van der Waals surface area contributed by atoms with E-state index >= 15 is 0 Å². The van der Waals surface area contributed by atoms with E-state index in [2.05, 4.69) is 37.2 Å². The molecule has 1 aromatic rings. The molecule has 2 N–H and O–H groups in total. The molecule has 0 unspecified atom stereocenters. The Morgan fingerprint density at radius 1 is 1.44 bits per heavy atom. The third-order valence-electron chi connectivity index (χ3n) is 2.55. The van der Waals surface area contributed by atoms with Gasteiger partial charge in [0.05, 0.1) is 0 Å². The lowest BCUT2D eigenvalue weighted by molar-refractivity contribution is -0.133. The van der Waals surface area contributed by atoms with E-state index in [1.165, 1.54) is 0 Å². The molecule has 0 fully saturated rings. The van der Waals surface area contributed by atoms with Gasteiger partial charge >= 0.3 is 0 Å². The first kappa shape index (κ1) is 12.4. The van der Waals surface area contributed by atoms with Crippen molar-refractivity contribution in [3.63, 3.8) is 0 Å². The number of halogens is 3. The molecule has 0 aliphatic carbocycles. The van der Waals surface area contributed by atoms with E-state index in [0.29, 0.717) is 15.7 Å². The fourth-order valence-electron chi connectivity index (χ4n) is 1.81. The minimum Gasteiger partial charge on any atom is -0.375 e. The molecule has 3 nitrogen and oxygen atoms in total. The highest BCUT2D eigenvalue weighted by Crippen LogP contribution is 2.44. The van der Waals surface area contributed by atoms with Gasteiger partial charge in [-0.05, 0) is 12.1 Å². The van der Waals surface area contributed by atoms with Gasteiger partial charge in [0.15, 0.2) is 5.60 Å². The molecule has 0 saturated carbocycles. The van der Waals surface area contributed by atoms with E-state index < -0.39 is 11.5 Å². The highest BCUT2D eigenvalue weighted by molar-refractivity contribution is 9.11. The number of hydrogen-bond acceptors (Lipinski definition) is 2. The molecular formula is C10H8Br2ClNO2. The number of hydrogen-bond donors (Lipinski definition) is 2. The zero-order chi connectivity index (χ0) is 11.9. The predicted molar refractivity (Wildman–Crippen MR) is 69.7 cm³/mol. The van der Waals surface area contributed by atoms with Crippen molar-refractivity contribution in [1.29, 1.82) is 0 Å². The largest absolute Gasteiger partial charge is 0.375 e. The lowest BCUT2D eigenvalue weighted by atomic mass is 9.93. The van der Waals surface area contributed by atoms with E-state index in [9.17, 15) is 9.90 Å². The average Bonchev–Trinajstić information content (AvgIpc) is 2.38. The molecule has 1 heterocycles. The van der Waals surface area contributed by atoms with Crippen LogP contribution in [-0.2, 0) is 10.4 Å². The third kappa shape index (κ3) is 1.79. The van der Waals surface area contributed by atoms with Crippen LogP contribution in [0.2, 0.25) is 0 Å². The Balaban J connectivity index is 2.60. The first-order valence-corrected chi connectivity index (χ1v) is 6.70. The van der Waals surface area contributed by atoms with E-state index in [1.54, 1.807) is 12.1 Å². The Labute approximate surface area is 114 Å². The van der Waals surface area contributed by atoms with Crippen LogP contribution in [-0.4, -0.2) is 16.9 Å². The zero-order valence-electron chi connectivity index (χ0n) is 8.06. The van der Waals surface area contributed by atoms with Crippen LogP contribution in [0.3, 0.4) is 0 Å². The molecule has 1 aliphatic heterocycles. The molecule has 16 heavy (non-hydrogen) atoms. The van der Waals surface area contributed by atoms with Gasteiger partial charge in [-0.2, -0.15) is 0 Å². The fourth-order valence-corrected chi connectivity index (χ4v) is 3.63. The number of carbonyl (C=O) groups excluding carboxylic acids is 1. The maximum atomic E-state index is 11.8. The summed E-state index contributed by atoms with van der Waals surface area (Å²) in [6.45, 7) is 0. The van der Waals surface area contributed by atoms with Crippen molar-refractivity contribution in [2.45, 2.75) is 12.0 Å². The number of carbonyl (C=O) groups is 1. The highest BCUT2D eigenvalue weighted by atomic mass is 79.9. The van der Waals surface area contributed by atoms with Gasteiger partial charge in [0.25, 0.3) is 5.91 Å². The average molecular weight is 369 g/mol. The number of alkyl halides is 1. The lowest BCUT2D eigenvalue weighted by Crippen LogP contribution is -2.34. The summed E-state index contributed by atoms with van der Waals surface area (Å²) in [6, 6.07) is 3.54. The number of rotatable bonds is 2. The van der Waals surface area contributed by atoms with Crippen LogP contribution in [0.25, 0.3) is 0 Å². The van der Waals surface area contributed by atoms with E-state index in [-0.39, 0.29) is 12.3 Å². The van der Waals surface area contributed by atoms with Gasteiger partial charge in [-0.3, -0.25) is 4.79 Å². The van der Waals surface area contributed by atoms with Crippen molar-refractivity contribution in [3.05, 3.63) is 26.6 Å². The number of fused-ring (bicyclic) bond motifs is 1. The zero-order valence-corrected chi connectivity index (χ0v) is 12.0. The molecule has 0 spiro atoms. The summed E-state index contributed by atoms with van der Waals surface area (Å²) in [7, 11) is 0. The minimum atomic E-state index is -1.53. The predicted octanol–water partition coefficient (Wildman–Crippen LogP) is 2.98.